The molecule has 9 heteroatoms. The number of hydrogen-bond donors (Lipinski definition) is 1. The highest BCUT2D eigenvalue weighted by molar-refractivity contribution is 7.11. The van der Waals surface area contributed by atoms with E-state index in [9.17, 15) is 0 Å². The minimum atomic E-state index is 0.433. The normalized spacial score (nSPS) is 17.2. The number of nitrogens with one attached hydrogen (secondary N) is 1. The van der Waals surface area contributed by atoms with Crippen LogP contribution in [0.2, 0.25) is 0 Å². The first-order valence-electron chi connectivity index (χ1n) is 10.5. The van der Waals surface area contributed by atoms with Gasteiger partial charge in [0, 0.05) is 47.8 Å². The van der Waals surface area contributed by atoms with Crippen LogP contribution in [0.25, 0.3) is 11.1 Å². The molecule has 5 rings (SSSR count). The van der Waals surface area contributed by atoms with Crippen molar-refractivity contribution in [3.05, 3.63) is 70.5 Å². The van der Waals surface area contributed by atoms with E-state index in [1.54, 1.807) is 23.7 Å². The monoisotopic (exact) mass is 445 g/mol. The van der Waals surface area contributed by atoms with Crippen molar-refractivity contribution < 1.29 is 4.74 Å². The van der Waals surface area contributed by atoms with Crippen molar-refractivity contribution >= 4 is 17.2 Å². The summed E-state index contributed by atoms with van der Waals surface area (Å²) < 4.78 is 6.00. The first-order valence-corrected chi connectivity index (χ1v) is 11.3. The van der Waals surface area contributed by atoms with Crippen LogP contribution in [0.5, 0.6) is 5.88 Å². The molecule has 4 heterocycles. The van der Waals surface area contributed by atoms with Crippen LogP contribution in [-0.2, 0) is 6.54 Å². The van der Waals surface area contributed by atoms with Gasteiger partial charge in [0.2, 0.25) is 5.88 Å². The second-order valence-corrected chi connectivity index (χ2v) is 9.09. The van der Waals surface area contributed by atoms with Gasteiger partial charge in [0.25, 0.3) is 0 Å². The van der Waals surface area contributed by atoms with Crippen molar-refractivity contribution in [2.75, 3.05) is 11.9 Å². The maximum absolute atomic E-state index is 6.00. The van der Waals surface area contributed by atoms with E-state index >= 15 is 0 Å². The molecule has 0 radical (unpaired) electrons. The molecule has 0 saturated heterocycles. The van der Waals surface area contributed by atoms with Crippen molar-refractivity contribution in [1.29, 1.82) is 0 Å². The van der Waals surface area contributed by atoms with Gasteiger partial charge < -0.3 is 10.1 Å². The van der Waals surface area contributed by atoms with Crippen LogP contribution in [0.15, 0.2) is 48.9 Å². The summed E-state index contributed by atoms with van der Waals surface area (Å²) in [5.41, 5.74) is 3.34. The molecular formula is C23H23N7OS. The molecule has 0 aliphatic heterocycles. The summed E-state index contributed by atoms with van der Waals surface area (Å²) in [7, 11) is 0. The van der Waals surface area contributed by atoms with Crippen LogP contribution in [0.1, 0.15) is 33.9 Å². The Bertz CT molecular complexity index is 1200. The maximum atomic E-state index is 6.00. The molecule has 8 nitrogen and oxygen atoms in total. The average Bonchev–Trinajstić information content (AvgIpc) is 3.48. The molecule has 1 N–H and O–H groups in total. The first kappa shape index (κ1) is 20.4. The lowest BCUT2D eigenvalue weighted by molar-refractivity contribution is 0.284. The van der Waals surface area contributed by atoms with Crippen LogP contribution < -0.4 is 10.1 Å². The zero-order valence-electron chi connectivity index (χ0n) is 17.9. The fourth-order valence-electron chi connectivity index (χ4n) is 3.61. The zero-order chi connectivity index (χ0) is 21.9. The highest BCUT2D eigenvalue weighted by Gasteiger charge is 2.40. The van der Waals surface area contributed by atoms with E-state index in [0.29, 0.717) is 36.7 Å². The highest BCUT2D eigenvalue weighted by atomic mass is 32.1. The Labute approximate surface area is 190 Å². The Morgan fingerprint density at radius 2 is 1.94 bits per heavy atom. The summed E-state index contributed by atoms with van der Waals surface area (Å²) in [5, 5.41) is 13.3. The number of rotatable bonds is 8. The average molecular weight is 446 g/mol. The lowest BCUT2D eigenvalue weighted by atomic mass is 10.1. The van der Waals surface area contributed by atoms with Crippen molar-refractivity contribution in [3.8, 4) is 17.0 Å². The summed E-state index contributed by atoms with van der Waals surface area (Å²) in [6.07, 6.45) is 6.61. The van der Waals surface area contributed by atoms with Gasteiger partial charge in [0.05, 0.1) is 13.2 Å². The van der Waals surface area contributed by atoms with Crippen LogP contribution >= 0.6 is 11.3 Å². The summed E-state index contributed by atoms with van der Waals surface area (Å²) in [4.78, 5) is 17.6. The van der Waals surface area contributed by atoms with E-state index in [0.717, 1.165) is 39.1 Å². The predicted octanol–water partition coefficient (Wildman–Crippen LogP) is 4.20. The number of pyridine rings is 2. The molecule has 4 aromatic rings. The largest absolute Gasteiger partial charge is 0.477 e. The summed E-state index contributed by atoms with van der Waals surface area (Å²) in [6.45, 7) is 5.00. The fraction of sp³-hybridized carbons (Fsp3) is 0.304. The van der Waals surface area contributed by atoms with E-state index in [2.05, 4.69) is 47.6 Å². The van der Waals surface area contributed by atoms with Crippen molar-refractivity contribution in [2.45, 2.75) is 32.7 Å². The third-order valence-corrected chi connectivity index (χ3v) is 6.19. The number of nitrogens with zero attached hydrogens (tertiary/aromatic N) is 6. The van der Waals surface area contributed by atoms with E-state index in [-0.39, 0.29) is 0 Å². The first-order chi connectivity index (χ1) is 15.6. The Morgan fingerprint density at radius 3 is 2.69 bits per heavy atom. The standard InChI is InChI=1S/C23H23N7OS/c1-14-27-21(26-12-23-30-29-15(2)32-23)10-22(28-14)31-13-18-9-19(18)20-4-3-17(11-25-20)16-5-7-24-8-6-16/h3-8,10-11,18-19H,9,12-13H2,1-2H3,(H,26,27,28)/t18-,19?/m1/s1. The smallest absolute Gasteiger partial charge is 0.218 e. The third-order valence-electron chi connectivity index (χ3n) is 5.35. The molecule has 0 bridgehead atoms. The van der Waals surface area contributed by atoms with Gasteiger partial charge in [-0.1, -0.05) is 17.4 Å². The molecule has 1 fully saturated rings. The summed E-state index contributed by atoms with van der Waals surface area (Å²) in [6, 6.07) is 10.1. The molecule has 2 atom stereocenters. The van der Waals surface area contributed by atoms with Crippen LogP contribution in [0.3, 0.4) is 0 Å². The number of ether oxygens (including phenoxy) is 1. The van der Waals surface area contributed by atoms with Crippen LogP contribution in [0.4, 0.5) is 5.82 Å². The zero-order valence-corrected chi connectivity index (χ0v) is 18.7. The van der Waals surface area contributed by atoms with E-state index in [1.807, 2.05) is 38.2 Å². The van der Waals surface area contributed by atoms with E-state index in [1.165, 1.54) is 0 Å². The summed E-state index contributed by atoms with van der Waals surface area (Å²) in [5.74, 6) is 2.85. The van der Waals surface area contributed by atoms with Gasteiger partial charge in [-0.2, -0.15) is 4.98 Å². The second kappa shape index (κ2) is 8.96. The van der Waals surface area contributed by atoms with E-state index < -0.39 is 0 Å². The molecule has 0 aromatic carbocycles. The molecule has 1 aliphatic carbocycles. The minimum Gasteiger partial charge on any atom is -0.477 e. The Kier molecular flexibility index (Phi) is 5.72. The van der Waals surface area contributed by atoms with Crippen molar-refractivity contribution in [2.24, 2.45) is 5.92 Å². The molecule has 4 aromatic heterocycles. The Morgan fingerprint density at radius 1 is 1.06 bits per heavy atom. The fourth-order valence-corrected chi connectivity index (χ4v) is 4.25. The third kappa shape index (κ3) is 4.88. The number of aromatic nitrogens is 6. The van der Waals surface area contributed by atoms with Gasteiger partial charge in [-0.15, -0.1) is 10.2 Å². The molecule has 1 saturated carbocycles. The van der Waals surface area contributed by atoms with Gasteiger partial charge in [0.1, 0.15) is 21.7 Å². The quantitative estimate of drug-likeness (QED) is 0.431. The highest BCUT2D eigenvalue weighted by Crippen LogP contribution is 2.46. The van der Waals surface area contributed by atoms with Gasteiger partial charge >= 0.3 is 0 Å². The Balaban J connectivity index is 1.16. The molecule has 1 aliphatic rings. The number of hydrogen-bond acceptors (Lipinski definition) is 9. The van der Waals surface area contributed by atoms with Crippen LogP contribution in [-0.4, -0.2) is 36.7 Å². The van der Waals surface area contributed by atoms with E-state index in [4.69, 9.17) is 4.74 Å². The minimum absolute atomic E-state index is 0.433. The van der Waals surface area contributed by atoms with Gasteiger partial charge in [-0.05, 0) is 44.0 Å². The maximum Gasteiger partial charge on any atom is 0.218 e. The molecule has 0 amide bonds. The molecule has 1 unspecified atom stereocenters. The Hall–Kier alpha value is -3.46. The van der Waals surface area contributed by atoms with Gasteiger partial charge in [-0.25, -0.2) is 4.98 Å². The second-order valence-electron chi connectivity index (χ2n) is 7.83. The molecule has 0 spiro atoms. The SMILES string of the molecule is Cc1nc(NCc2nnc(C)s2)cc(OC[C@H]2CC2c2ccc(-c3ccncc3)cn2)n1. The lowest BCUT2D eigenvalue weighted by Gasteiger charge is -2.09. The van der Waals surface area contributed by atoms with Gasteiger partial charge in [0.15, 0.2) is 0 Å². The van der Waals surface area contributed by atoms with Crippen LogP contribution in [0, 0.1) is 19.8 Å². The molecule has 162 valence electrons. The topological polar surface area (TPSA) is 98.6 Å². The van der Waals surface area contributed by atoms with Crippen molar-refractivity contribution in [1.82, 2.24) is 30.1 Å². The number of anilines is 1. The summed E-state index contributed by atoms with van der Waals surface area (Å²) >= 11 is 1.57. The van der Waals surface area contributed by atoms with Gasteiger partial charge in [-0.3, -0.25) is 9.97 Å². The van der Waals surface area contributed by atoms with Crippen molar-refractivity contribution in [3.63, 3.8) is 0 Å². The molecule has 32 heavy (non-hydrogen) atoms. The number of aryl methyl sites for hydroxylation is 2. The predicted molar refractivity (Wildman–Crippen MR) is 123 cm³/mol. The molecular weight excluding hydrogens is 422 g/mol. The lowest BCUT2D eigenvalue weighted by Crippen LogP contribution is -2.07.